The van der Waals surface area contributed by atoms with Crippen LogP contribution >= 0.6 is 0 Å². The maximum atomic E-state index is 6.28. The van der Waals surface area contributed by atoms with Crippen LogP contribution in [0.3, 0.4) is 0 Å². The largest absolute Gasteiger partial charge is 0.456 e. The number of fused-ring (bicyclic) bond motifs is 6. The minimum atomic E-state index is 0.578. The fourth-order valence-electron chi connectivity index (χ4n) is 4.34. The summed E-state index contributed by atoms with van der Waals surface area (Å²) in [4.78, 5) is 0. The van der Waals surface area contributed by atoms with E-state index in [2.05, 4.69) is 23.5 Å². The van der Waals surface area contributed by atoms with Crippen molar-refractivity contribution in [2.75, 3.05) is 0 Å². The predicted molar refractivity (Wildman–Crippen MR) is 79.9 cm³/mol. The van der Waals surface area contributed by atoms with Crippen LogP contribution < -0.4 is 5.32 Å². The van der Waals surface area contributed by atoms with E-state index in [0.717, 1.165) is 31.4 Å². The molecule has 0 bridgehead atoms. The Morgan fingerprint density at radius 1 is 1.10 bits per heavy atom. The van der Waals surface area contributed by atoms with E-state index < -0.39 is 0 Å². The first-order valence-corrected chi connectivity index (χ1v) is 7.93. The number of hydrogen-bond acceptors (Lipinski definition) is 2. The summed E-state index contributed by atoms with van der Waals surface area (Å²) in [6.07, 6.45) is 15.3. The molecule has 102 valence electrons. The standard InChI is InChI=1S/C18H19NO/c1-3-7-14-13(6-1)17-15(19-14)10-9-12-11-5-2-4-8-16(11)20-18(12)17/h4,7-8,13,19H,1-3,5-6,9-10H2. The van der Waals surface area contributed by atoms with Gasteiger partial charge in [-0.15, -0.1) is 0 Å². The van der Waals surface area contributed by atoms with E-state index in [0.29, 0.717) is 5.92 Å². The topological polar surface area (TPSA) is 25.2 Å². The monoisotopic (exact) mass is 265 g/mol. The van der Waals surface area contributed by atoms with Crippen LogP contribution in [-0.2, 0) is 12.8 Å². The molecule has 0 spiro atoms. The van der Waals surface area contributed by atoms with Gasteiger partial charge >= 0.3 is 0 Å². The number of hydrogen-bond donors (Lipinski definition) is 1. The smallest absolute Gasteiger partial charge is 0.136 e. The first kappa shape index (κ1) is 11.0. The van der Waals surface area contributed by atoms with Crippen molar-refractivity contribution in [3.05, 3.63) is 46.2 Å². The van der Waals surface area contributed by atoms with Crippen molar-refractivity contribution >= 4 is 11.6 Å². The minimum absolute atomic E-state index is 0.578. The van der Waals surface area contributed by atoms with Crippen molar-refractivity contribution in [1.29, 1.82) is 0 Å². The lowest BCUT2D eigenvalue weighted by Gasteiger charge is -2.20. The Morgan fingerprint density at radius 2 is 2.10 bits per heavy atom. The van der Waals surface area contributed by atoms with Crippen molar-refractivity contribution < 1.29 is 4.42 Å². The molecule has 2 nitrogen and oxygen atoms in total. The van der Waals surface area contributed by atoms with Gasteiger partial charge in [-0.2, -0.15) is 0 Å². The average Bonchev–Trinajstić information content (AvgIpc) is 3.04. The molecule has 1 aliphatic heterocycles. The van der Waals surface area contributed by atoms with Crippen LogP contribution in [0, 0.1) is 5.92 Å². The van der Waals surface area contributed by atoms with Gasteiger partial charge in [0, 0.05) is 34.0 Å². The molecule has 5 rings (SSSR count). The molecule has 4 aliphatic rings. The Morgan fingerprint density at radius 3 is 3.10 bits per heavy atom. The van der Waals surface area contributed by atoms with Crippen molar-refractivity contribution in [3.63, 3.8) is 0 Å². The van der Waals surface area contributed by atoms with Gasteiger partial charge in [-0.1, -0.05) is 12.2 Å². The quantitative estimate of drug-likeness (QED) is 0.761. The van der Waals surface area contributed by atoms with E-state index in [-0.39, 0.29) is 0 Å². The Labute approximate surface area is 119 Å². The van der Waals surface area contributed by atoms with E-state index in [1.54, 1.807) is 0 Å². The van der Waals surface area contributed by atoms with Gasteiger partial charge in [0.25, 0.3) is 0 Å². The van der Waals surface area contributed by atoms with Gasteiger partial charge in [0.1, 0.15) is 11.5 Å². The van der Waals surface area contributed by atoms with Gasteiger partial charge in [-0.05, 0) is 51.0 Å². The van der Waals surface area contributed by atoms with E-state index in [1.807, 2.05) is 0 Å². The predicted octanol–water partition coefficient (Wildman–Crippen LogP) is 4.18. The molecule has 0 fully saturated rings. The zero-order valence-corrected chi connectivity index (χ0v) is 11.7. The minimum Gasteiger partial charge on any atom is -0.456 e. The van der Waals surface area contributed by atoms with Crippen LogP contribution in [0.1, 0.15) is 54.8 Å². The summed E-state index contributed by atoms with van der Waals surface area (Å²) < 4.78 is 6.28. The van der Waals surface area contributed by atoms with Crippen molar-refractivity contribution in [2.45, 2.75) is 44.9 Å². The summed E-state index contributed by atoms with van der Waals surface area (Å²) in [5.41, 5.74) is 7.36. The molecule has 0 radical (unpaired) electrons. The third-order valence-corrected chi connectivity index (χ3v) is 5.25. The van der Waals surface area contributed by atoms with Crippen LogP contribution in [0.4, 0.5) is 0 Å². The van der Waals surface area contributed by atoms with Gasteiger partial charge < -0.3 is 9.73 Å². The van der Waals surface area contributed by atoms with Gasteiger partial charge in [-0.3, -0.25) is 0 Å². The summed E-state index contributed by atoms with van der Waals surface area (Å²) in [6.45, 7) is 0. The van der Waals surface area contributed by atoms with E-state index in [1.165, 1.54) is 53.1 Å². The Balaban J connectivity index is 1.69. The van der Waals surface area contributed by atoms with Crippen LogP contribution in [0.15, 0.2) is 28.0 Å². The molecular weight excluding hydrogens is 246 g/mol. The van der Waals surface area contributed by atoms with Crippen molar-refractivity contribution in [3.8, 4) is 0 Å². The number of nitrogens with one attached hydrogen (secondary N) is 1. The van der Waals surface area contributed by atoms with Gasteiger partial charge in [0.15, 0.2) is 0 Å². The summed E-state index contributed by atoms with van der Waals surface area (Å²) in [6, 6.07) is 0. The molecule has 1 aromatic heterocycles. The second kappa shape index (κ2) is 3.91. The summed E-state index contributed by atoms with van der Waals surface area (Å²) in [7, 11) is 0. The highest BCUT2D eigenvalue weighted by Gasteiger charge is 2.38. The third-order valence-electron chi connectivity index (χ3n) is 5.25. The van der Waals surface area contributed by atoms with E-state index in [9.17, 15) is 0 Å². The zero-order valence-electron chi connectivity index (χ0n) is 11.7. The van der Waals surface area contributed by atoms with Crippen LogP contribution in [0.5, 0.6) is 0 Å². The molecule has 20 heavy (non-hydrogen) atoms. The first-order chi connectivity index (χ1) is 9.92. The lowest BCUT2D eigenvalue weighted by atomic mass is 9.82. The molecule has 2 heteroatoms. The van der Waals surface area contributed by atoms with Crippen molar-refractivity contribution in [2.24, 2.45) is 5.92 Å². The highest BCUT2D eigenvalue weighted by atomic mass is 16.3. The third kappa shape index (κ3) is 1.34. The maximum Gasteiger partial charge on any atom is 0.136 e. The lowest BCUT2D eigenvalue weighted by Crippen LogP contribution is -2.12. The molecule has 1 N–H and O–H groups in total. The molecule has 3 aliphatic carbocycles. The molecular formula is C18H19NO. The second-order valence-corrected chi connectivity index (χ2v) is 6.35. The summed E-state index contributed by atoms with van der Waals surface area (Å²) in [5.74, 6) is 2.92. The molecule has 1 unspecified atom stereocenters. The highest BCUT2D eigenvalue weighted by molar-refractivity contribution is 5.78. The van der Waals surface area contributed by atoms with Crippen molar-refractivity contribution in [1.82, 2.24) is 5.32 Å². The molecule has 1 atom stereocenters. The number of allylic oxidation sites excluding steroid dienone is 4. The second-order valence-electron chi connectivity index (χ2n) is 6.35. The molecule has 0 amide bonds. The zero-order chi connectivity index (χ0) is 13.1. The fraction of sp³-hybridized carbons (Fsp3) is 0.444. The van der Waals surface area contributed by atoms with E-state index in [4.69, 9.17) is 4.42 Å². The van der Waals surface area contributed by atoms with E-state index >= 15 is 0 Å². The Bertz CT molecular complexity index is 687. The van der Waals surface area contributed by atoms with Gasteiger partial charge in [-0.25, -0.2) is 0 Å². The fourth-order valence-corrected chi connectivity index (χ4v) is 4.34. The molecule has 0 aromatic carbocycles. The van der Waals surface area contributed by atoms with Gasteiger partial charge in [0.05, 0.1) is 0 Å². The molecule has 1 aromatic rings. The maximum absolute atomic E-state index is 6.28. The molecule has 0 saturated heterocycles. The lowest BCUT2D eigenvalue weighted by molar-refractivity contribution is 0.518. The van der Waals surface area contributed by atoms with Crippen LogP contribution in [0.25, 0.3) is 11.6 Å². The SMILES string of the molecule is C1=Cc2oc3c(c2CC1)CCC1=C3C2CCCC=C2N1. The Kier molecular flexibility index (Phi) is 2.15. The summed E-state index contributed by atoms with van der Waals surface area (Å²) >= 11 is 0. The average molecular weight is 265 g/mol. The van der Waals surface area contributed by atoms with Gasteiger partial charge in [0.2, 0.25) is 0 Å². The molecule has 2 heterocycles. The Hall–Kier alpha value is -1.70. The van der Waals surface area contributed by atoms with Crippen LogP contribution in [-0.4, -0.2) is 0 Å². The highest BCUT2D eigenvalue weighted by Crippen LogP contribution is 2.48. The number of furan rings is 1. The number of rotatable bonds is 0. The first-order valence-electron chi connectivity index (χ1n) is 7.93. The normalized spacial score (nSPS) is 26.4. The van der Waals surface area contributed by atoms with Crippen LogP contribution in [0.2, 0.25) is 0 Å². The molecule has 0 saturated carbocycles. The summed E-state index contributed by atoms with van der Waals surface area (Å²) in [5, 5.41) is 3.68.